The molecule has 1 aliphatic rings. The van der Waals surface area contributed by atoms with Gasteiger partial charge in [0.25, 0.3) is 0 Å². The Morgan fingerprint density at radius 3 is 2.33 bits per heavy atom. The van der Waals surface area contributed by atoms with Crippen molar-refractivity contribution < 1.29 is 0 Å². The largest absolute Gasteiger partial charge is 0.357 e. The van der Waals surface area contributed by atoms with Gasteiger partial charge in [0, 0.05) is 11.9 Å². The van der Waals surface area contributed by atoms with E-state index in [1.165, 1.54) is 32.5 Å². The molecule has 0 spiro atoms. The number of thioether (sulfide) groups is 1. The number of aryl methyl sites for hydroxylation is 1. The van der Waals surface area contributed by atoms with Crippen LogP contribution in [0, 0.1) is 6.92 Å². The first-order chi connectivity index (χ1) is 10.2. The summed E-state index contributed by atoms with van der Waals surface area (Å²) in [5, 5.41) is 3.01. The van der Waals surface area contributed by atoms with Crippen LogP contribution in [-0.2, 0) is 0 Å². The molecule has 0 aliphatic carbocycles. The molecule has 4 rings (SSSR count). The van der Waals surface area contributed by atoms with E-state index in [-0.39, 0.29) is 0 Å². The van der Waals surface area contributed by atoms with Crippen molar-refractivity contribution in [2.24, 2.45) is 0 Å². The number of fused-ring (bicyclic) bond motifs is 2. The first-order valence-electron chi connectivity index (χ1n) is 7.22. The molecule has 104 valence electrons. The second-order valence-electron chi connectivity index (χ2n) is 5.60. The maximum absolute atomic E-state index is 2.39. The molecule has 21 heavy (non-hydrogen) atoms. The fraction of sp³-hybridized carbons (Fsp3) is 0.158. The fourth-order valence-electron chi connectivity index (χ4n) is 3.08. The molecule has 2 heteroatoms. The zero-order valence-corrected chi connectivity index (χ0v) is 13.0. The van der Waals surface area contributed by atoms with E-state index >= 15 is 0 Å². The minimum Gasteiger partial charge on any atom is -0.357 e. The molecular formula is C19H17NS. The second-order valence-corrected chi connectivity index (χ2v) is 6.73. The number of rotatable bonds is 1. The van der Waals surface area contributed by atoms with E-state index in [4.69, 9.17) is 0 Å². The summed E-state index contributed by atoms with van der Waals surface area (Å²) in [5.41, 5.74) is 4.11. The first kappa shape index (κ1) is 12.8. The van der Waals surface area contributed by atoms with E-state index in [0.717, 1.165) is 0 Å². The SMILES string of the molecule is Cc1cc2ccccc2cc1C1Sc2ccccc2N1C. The molecule has 0 saturated carbocycles. The third-order valence-corrected chi connectivity index (χ3v) is 5.63. The van der Waals surface area contributed by atoms with Gasteiger partial charge in [0.1, 0.15) is 5.37 Å². The lowest BCUT2D eigenvalue weighted by atomic mass is 10.0. The second kappa shape index (κ2) is 4.81. The van der Waals surface area contributed by atoms with Gasteiger partial charge in [0.15, 0.2) is 0 Å². The summed E-state index contributed by atoms with van der Waals surface area (Å²) >= 11 is 1.95. The van der Waals surface area contributed by atoms with Gasteiger partial charge in [-0.3, -0.25) is 0 Å². The van der Waals surface area contributed by atoms with E-state index in [1.807, 2.05) is 11.8 Å². The molecular weight excluding hydrogens is 274 g/mol. The Hall–Kier alpha value is -1.93. The van der Waals surface area contributed by atoms with Crippen LogP contribution in [-0.4, -0.2) is 7.05 Å². The predicted molar refractivity (Wildman–Crippen MR) is 92.1 cm³/mol. The van der Waals surface area contributed by atoms with Gasteiger partial charge in [0.2, 0.25) is 0 Å². The van der Waals surface area contributed by atoms with Crippen LogP contribution >= 0.6 is 11.8 Å². The van der Waals surface area contributed by atoms with Gasteiger partial charge < -0.3 is 4.90 Å². The van der Waals surface area contributed by atoms with Crippen molar-refractivity contribution in [1.82, 2.24) is 0 Å². The van der Waals surface area contributed by atoms with Crippen molar-refractivity contribution in [3.8, 4) is 0 Å². The Labute approximate surface area is 129 Å². The number of benzene rings is 3. The summed E-state index contributed by atoms with van der Waals surface area (Å²) in [6.07, 6.45) is 0. The number of anilines is 1. The van der Waals surface area contributed by atoms with Gasteiger partial charge in [-0.05, 0) is 47.0 Å². The molecule has 1 unspecified atom stereocenters. The Morgan fingerprint density at radius 1 is 0.905 bits per heavy atom. The summed E-state index contributed by atoms with van der Waals surface area (Å²) in [6, 6.07) is 21.9. The molecule has 0 aromatic heterocycles. The van der Waals surface area contributed by atoms with Crippen LogP contribution < -0.4 is 4.90 Å². The maximum atomic E-state index is 2.39. The average molecular weight is 291 g/mol. The highest BCUT2D eigenvalue weighted by Crippen LogP contribution is 2.51. The molecule has 0 bridgehead atoms. The van der Waals surface area contributed by atoms with E-state index in [1.54, 1.807) is 0 Å². The van der Waals surface area contributed by atoms with Gasteiger partial charge in [-0.2, -0.15) is 0 Å². The van der Waals surface area contributed by atoms with Gasteiger partial charge in [0.05, 0.1) is 5.69 Å². The third kappa shape index (κ3) is 2.02. The lowest BCUT2D eigenvalue weighted by molar-refractivity contribution is 0.907. The zero-order valence-electron chi connectivity index (χ0n) is 12.2. The summed E-state index contributed by atoms with van der Waals surface area (Å²) in [4.78, 5) is 3.76. The highest BCUT2D eigenvalue weighted by Gasteiger charge is 2.29. The fourth-order valence-corrected chi connectivity index (χ4v) is 4.47. The molecule has 0 saturated heterocycles. The van der Waals surface area contributed by atoms with Gasteiger partial charge >= 0.3 is 0 Å². The minimum atomic E-state index is 0.368. The van der Waals surface area contributed by atoms with Crippen LogP contribution in [0.3, 0.4) is 0 Å². The molecule has 0 fully saturated rings. The highest BCUT2D eigenvalue weighted by molar-refractivity contribution is 8.00. The predicted octanol–water partition coefficient (Wildman–Crippen LogP) is 5.39. The van der Waals surface area contributed by atoms with Crippen LogP contribution in [0.1, 0.15) is 16.5 Å². The minimum absolute atomic E-state index is 0.368. The molecule has 3 aromatic rings. The van der Waals surface area contributed by atoms with Crippen molar-refractivity contribution in [3.05, 3.63) is 71.8 Å². The van der Waals surface area contributed by atoms with Gasteiger partial charge in [-0.1, -0.05) is 54.2 Å². The molecule has 0 amide bonds. The summed E-state index contributed by atoms with van der Waals surface area (Å²) in [5.74, 6) is 0. The molecule has 1 aliphatic heterocycles. The smallest absolute Gasteiger partial charge is 0.105 e. The standard InChI is InChI=1S/C19H17NS/c1-13-11-14-7-3-4-8-15(14)12-16(13)19-20(2)17-9-5-6-10-18(17)21-19/h3-12,19H,1-2H3. The lowest BCUT2D eigenvalue weighted by Crippen LogP contribution is -2.17. The first-order valence-corrected chi connectivity index (χ1v) is 8.10. The summed E-state index contributed by atoms with van der Waals surface area (Å²) in [6.45, 7) is 2.22. The topological polar surface area (TPSA) is 3.24 Å². The Kier molecular flexibility index (Phi) is 2.93. The number of hydrogen-bond acceptors (Lipinski definition) is 2. The van der Waals surface area contributed by atoms with Crippen molar-refractivity contribution >= 4 is 28.2 Å². The van der Waals surface area contributed by atoms with E-state index in [9.17, 15) is 0 Å². The Balaban J connectivity index is 1.83. The molecule has 0 N–H and O–H groups in total. The molecule has 1 heterocycles. The van der Waals surface area contributed by atoms with E-state index in [0.29, 0.717) is 5.37 Å². The molecule has 0 radical (unpaired) electrons. The van der Waals surface area contributed by atoms with Crippen molar-refractivity contribution in [3.63, 3.8) is 0 Å². The van der Waals surface area contributed by atoms with E-state index < -0.39 is 0 Å². The molecule has 1 nitrogen and oxygen atoms in total. The van der Waals surface area contributed by atoms with Crippen LogP contribution in [0.5, 0.6) is 0 Å². The number of para-hydroxylation sites is 1. The van der Waals surface area contributed by atoms with Crippen LogP contribution in [0.2, 0.25) is 0 Å². The quantitative estimate of drug-likeness (QED) is 0.591. The lowest BCUT2D eigenvalue weighted by Gasteiger charge is -2.24. The summed E-state index contributed by atoms with van der Waals surface area (Å²) in [7, 11) is 2.19. The van der Waals surface area contributed by atoms with E-state index in [2.05, 4.69) is 79.5 Å². The molecule has 1 atom stereocenters. The molecule has 3 aromatic carbocycles. The average Bonchev–Trinajstić information content (AvgIpc) is 2.84. The third-order valence-electron chi connectivity index (χ3n) is 4.24. The Bertz CT molecular complexity index is 825. The summed E-state index contributed by atoms with van der Waals surface area (Å²) < 4.78 is 0. The maximum Gasteiger partial charge on any atom is 0.105 e. The Morgan fingerprint density at radius 2 is 1.57 bits per heavy atom. The van der Waals surface area contributed by atoms with Gasteiger partial charge in [-0.15, -0.1) is 0 Å². The van der Waals surface area contributed by atoms with Crippen LogP contribution in [0.25, 0.3) is 10.8 Å². The highest BCUT2D eigenvalue weighted by atomic mass is 32.2. The van der Waals surface area contributed by atoms with Crippen molar-refractivity contribution in [2.75, 3.05) is 11.9 Å². The number of hydrogen-bond donors (Lipinski definition) is 0. The zero-order chi connectivity index (χ0) is 14.4. The normalized spacial score (nSPS) is 17.2. The monoisotopic (exact) mass is 291 g/mol. The number of nitrogens with zero attached hydrogens (tertiary/aromatic N) is 1. The van der Waals surface area contributed by atoms with Crippen LogP contribution in [0.15, 0.2) is 65.6 Å². The van der Waals surface area contributed by atoms with Gasteiger partial charge in [-0.25, -0.2) is 0 Å². The van der Waals surface area contributed by atoms with Crippen molar-refractivity contribution in [2.45, 2.75) is 17.2 Å². The van der Waals surface area contributed by atoms with Crippen molar-refractivity contribution in [1.29, 1.82) is 0 Å². The van der Waals surface area contributed by atoms with Crippen LogP contribution in [0.4, 0.5) is 5.69 Å².